The van der Waals surface area contributed by atoms with Crippen LogP contribution in [0.15, 0.2) is 18.2 Å². The third-order valence-electron chi connectivity index (χ3n) is 2.19. The highest BCUT2D eigenvalue weighted by Gasteiger charge is 2.09. The molecule has 0 aliphatic rings. The molecule has 0 spiro atoms. The highest BCUT2D eigenvalue weighted by Crippen LogP contribution is 2.24. The molecule has 0 fully saturated rings. The number of benzene rings is 1. The van der Waals surface area contributed by atoms with Gasteiger partial charge >= 0.3 is 0 Å². The second-order valence-corrected chi connectivity index (χ2v) is 3.39. The van der Waals surface area contributed by atoms with E-state index in [1.165, 1.54) is 0 Å². The number of rotatable bonds is 4. The van der Waals surface area contributed by atoms with Crippen LogP contribution in [0.3, 0.4) is 0 Å². The minimum atomic E-state index is -0.116. The van der Waals surface area contributed by atoms with Gasteiger partial charge in [-0.2, -0.15) is 0 Å². The molecule has 1 aromatic carbocycles. The van der Waals surface area contributed by atoms with Crippen molar-refractivity contribution in [3.05, 3.63) is 29.3 Å². The maximum absolute atomic E-state index is 10.7. The number of carbonyl (C=O) groups is 1. The van der Waals surface area contributed by atoms with Gasteiger partial charge in [-0.3, -0.25) is 0 Å². The number of methoxy groups -OCH3 is 1. The summed E-state index contributed by atoms with van der Waals surface area (Å²) in [4.78, 5) is 10.7. The third kappa shape index (κ3) is 2.26. The lowest BCUT2D eigenvalue weighted by Gasteiger charge is -2.11. The molecule has 0 aromatic heterocycles. The molecule has 14 heavy (non-hydrogen) atoms. The maximum atomic E-state index is 10.7. The van der Waals surface area contributed by atoms with Crippen molar-refractivity contribution in [2.75, 3.05) is 7.11 Å². The lowest BCUT2D eigenvalue weighted by molar-refractivity contribution is -0.108. The van der Waals surface area contributed by atoms with Crippen LogP contribution in [0.2, 0.25) is 0 Å². The molecule has 0 radical (unpaired) electrons. The summed E-state index contributed by atoms with van der Waals surface area (Å²) in [6.45, 7) is 1.85. The minimum absolute atomic E-state index is 0.116. The largest absolute Gasteiger partial charge is 0.497 e. The smallest absolute Gasteiger partial charge is 0.127 e. The topological polar surface area (TPSA) is 26.3 Å². The van der Waals surface area contributed by atoms with E-state index >= 15 is 0 Å². The van der Waals surface area contributed by atoms with Crippen LogP contribution in [-0.4, -0.2) is 13.4 Å². The number of ether oxygens (including phenoxy) is 1. The molecule has 1 atom stereocenters. The Morgan fingerprint density at radius 1 is 1.57 bits per heavy atom. The summed E-state index contributed by atoms with van der Waals surface area (Å²) in [7, 11) is 1.61. The summed E-state index contributed by atoms with van der Waals surface area (Å²) in [6.07, 6.45) is 0.915. The van der Waals surface area contributed by atoms with E-state index in [-0.39, 0.29) is 5.92 Å². The minimum Gasteiger partial charge on any atom is -0.497 e. The summed E-state index contributed by atoms with van der Waals surface area (Å²) in [5.74, 6) is 1.04. The molecule has 2 nitrogen and oxygen atoms in total. The van der Waals surface area contributed by atoms with E-state index in [1.54, 1.807) is 7.11 Å². The van der Waals surface area contributed by atoms with E-state index in [0.717, 1.165) is 23.2 Å². The number of alkyl halides is 1. The highest BCUT2D eigenvalue weighted by molar-refractivity contribution is 6.17. The Morgan fingerprint density at radius 3 is 2.79 bits per heavy atom. The van der Waals surface area contributed by atoms with E-state index in [0.29, 0.717) is 5.88 Å². The van der Waals surface area contributed by atoms with E-state index in [1.807, 2.05) is 25.1 Å². The van der Waals surface area contributed by atoms with Crippen molar-refractivity contribution in [2.24, 2.45) is 0 Å². The van der Waals surface area contributed by atoms with Gasteiger partial charge in [-0.05, 0) is 23.3 Å². The number of hydrogen-bond acceptors (Lipinski definition) is 2. The second kappa shape index (κ2) is 5.01. The van der Waals surface area contributed by atoms with Gasteiger partial charge in [0.2, 0.25) is 0 Å². The van der Waals surface area contributed by atoms with Crippen molar-refractivity contribution in [1.29, 1.82) is 0 Å². The average Bonchev–Trinajstić information content (AvgIpc) is 2.27. The van der Waals surface area contributed by atoms with Gasteiger partial charge in [0.15, 0.2) is 0 Å². The summed E-state index contributed by atoms with van der Waals surface area (Å²) >= 11 is 5.79. The standard InChI is InChI=1S/C11H13ClO2/c1-8(7-13)11-4-3-10(14-2)5-9(11)6-12/h3-5,7-8H,6H2,1-2H3. The summed E-state index contributed by atoms with van der Waals surface area (Å²) < 4.78 is 5.08. The van der Waals surface area contributed by atoms with E-state index < -0.39 is 0 Å². The van der Waals surface area contributed by atoms with Gasteiger partial charge < -0.3 is 9.53 Å². The van der Waals surface area contributed by atoms with Crippen LogP contribution in [0.1, 0.15) is 24.0 Å². The first-order valence-electron chi connectivity index (χ1n) is 4.41. The Morgan fingerprint density at radius 2 is 2.29 bits per heavy atom. The van der Waals surface area contributed by atoms with Crippen molar-refractivity contribution in [2.45, 2.75) is 18.7 Å². The molecule has 0 N–H and O–H groups in total. The van der Waals surface area contributed by atoms with Crippen molar-refractivity contribution >= 4 is 17.9 Å². The van der Waals surface area contributed by atoms with Crippen LogP contribution < -0.4 is 4.74 Å². The zero-order valence-electron chi connectivity index (χ0n) is 8.29. The Balaban J connectivity index is 3.10. The van der Waals surface area contributed by atoms with Gasteiger partial charge in [-0.25, -0.2) is 0 Å². The molecule has 0 saturated carbocycles. The van der Waals surface area contributed by atoms with Crippen molar-refractivity contribution in [3.8, 4) is 5.75 Å². The fourth-order valence-corrected chi connectivity index (χ4v) is 1.57. The molecule has 1 rings (SSSR count). The monoisotopic (exact) mass is 212 g/mol. The van der Waals surface area contributed by atoms with Crippen LogP contribution in [-0.2, 0) is 10.7 Å². The van der Waals surface area contributed by atoms with Crippen LogP contribution >= 0.6 is 11.6 Å². The van der Waals surface area contributed by atoms with Gasteiger partial charge in [0, 0.05) is 11.8 Å². The number of carbonyl (C=O) groups excluding carboxylic acids is 1. The predicted molar refractivity (Wildman–Crippen MR) is 57.0 cm³/mol. The number of aldehydes is 1. The quantitative estimate of drug-likeness (QED) is 0.567. The molecule has 1 aromatic rings. The predicted octanol–water partition coefficient (Wildman–Crippen LogP) is 2.74. The second-order valence-electron chi connectivity index (χ2n) is 3.12. The molecular weight excluding hydrogens is 200 g/mol. The zero-order valence-corrected chi connectivity index (χ0v) is 9.04. The van der Waals surface area contributed by atoms with Gasteiger partial charge in [0.1, 0.15) is 12.0 Å². The molecule has 0 bridgehead atoms. The first kappa shape index (κ1) is 11.1. The van der Waals surface area contributed by atoms with Gasteiger partial charge in [0.05, 0.1) is 7.11 Å². The number of hydrogen-bond donors (Lipinski definition) is 0. The molecule has 76 valence electrons. The lowest BCUT2D eigenvalue weighted by atomic mass is 9.97. The fourth-order valence-electron chi connectivity index (χ4n) is 1.34. The molecule has 3 heteroatoms. The van der Waals surface area contributed by atoms with Crippen molar-refractivity contribution < 1.29 is 9.53 Å². The van der Waals surface area contributed by atoms with Gasteiger partial charge in [0.25, 0.3) is 0 Å². The first-order valence-corrected chi connectivity index (χ1v) is 4.94. The number of halogens is 1. The first-order chi connectivity index (χ1) is 6.72. The van der Waals surface area contributed by atoms with Crippen LogP contribution in [0.4, 0.5) is 0 Å². The summed E-state index contributed by atoms with van der Waals surface area (Å²) in [5, 5.41) is 0. The average molecular weight is 213 g/mol. The Hall–Kier alpha value is -1.02. The Labute approximate surface area is 88.8 Å². The molecule has 1 unspecified atom stereocenters. The maximum Gasteiger partial charge on any atom is 0.127 e. The highest BCUT2D eigenvalue weighted by atomic mass is 35.5. The van der Waals surface area contributed by atoms with E-state index in [2.05, 4.69) is 0 Å². The lowest BCUT2D eigenvalue weighted by Crippen LogP contribution is -1.99. The van der Waals surface area contributed by atoms with Gasteiger partial charge in [-0.15, -0.1) is 11.6 Å². The SMILES string of the molecule is COc1ccc(C(C)C=O)c(CCl)c1. The Bertz CT molecular complexity index is 323. The molecule has 0 aliphatic carbocycles. The van der Waals surface area contributed by atoms with Crippen molar-refractivity contribution in [1.82, 2.24) is 0 Å². The summed E-state index contributed by atoms with van der Waals surface area (Å²) in [5.41, 5.74) is 1.92. The van der Waals surface area contributed by atoms with Crippen LogP contribution in [0, 0.1) is 0 Å². The zero-order chi connectivity index (χ0) is 10.6. The van der Waals surface area contributed by atoms with Crippen LogP contribution in [0.5, 0.6) is 5.75 Å². The van der Waals surface area contributed by atoms with Gasteiger partial charge in [-0.1, -0.05) is 13.0 Å². The van der Waals surface area contributed by atoms with Crippen molar-refractivity contribution in [3.63, 3.8) is 0 Å². The van der Waals surface area contributed by atoms with E-state index in [9.17, 15) is 4.79 Å². The normalized spacial score (nSPS) is 12.2. The molecular formula is C11H13ClO2. The fraction of sp³-hybridized carbons (Fsp3) is 0.364. The molecule has 0 amide bonds. The molecule has 0 saturated heterocycles. The molecule has 0 heterocycles. The molecule has 0 aliphatic heterocycles. The Kier molecular flexibility index (Phi) is 3.96. The van der Waals surface area contributed by atoms with E-state index in [4.69, 9.17) is 16.3 Å². The summed E-state index contributed by atoms with van der Waals surface area (Å²) in [6, 6.07) is 5.59. The third-order valence-corrected chi connectivity index (χ3v) is 2.48. The van der Waals surface area contributed by atoms with Crippen LogP contribution in [0.25, 0.3) is 0 Å².